The molecule has 0 aromatic heterocycles. The first-order valence-corrected chi connectivity index (χ1v) is 5.87. The van der Waals surface area contributed by atoms with Gasteiger partial charge in [0.05, 0.1) is 18.0 Å². The third-order valence-electron chi connectivity index (χ3n) is 2.12. The van der Waals surface area contributed by atoms with Crippen molar-refractivity contribution >= 4 is 22.8 Å². The van der Waals surface area contributed by atoms with Gasteiger partial charge in [-0.1, -0.05) is 11.8 Å². The minimum absolute atomic E-state index is 0.0160. The predicted octanol–water partition coefficient (Wildman–Crippen LogP) is 0.249. The molecule has 1 saturated heterocycles. The fraction of sp³-hybridized carbons (Fsp3) is 0.778. The fourth-order valence-electron chi connectivity index (χ4n) is 1.61. The van der Waals surface area contributed by atoms with Crippen molar-refractivity contribution < 1.29 is 9.53 Å². The number of nitrogens with one attached hydrogen (secondary N) is 1. The lowest BCUT2D eigenvalue weighted by Gasteiger charge is -2.35. The van der Waals surface area contributed by atoms with Gasteiger partial charge in [-0.25, -0.2) is 0 Å². The lowest BCUT2D eigenvalue weighted by molar-refractivity contribution is -0.140. The van der Waals surface area contributed by atoms with Crippen molar-refractivity contribution in [3.63, 3.8) is 0 Å². The Morgan fingerprint density at radius 1 is 1.53 bits per heavy atom. The minimum atomic E-state index is -0.0160. The van der Waals surface area contributed by atoms with Gasteiger partial charge < -0.3 is 15.4 Å². The quantitative estimate of drug-likeness (QED) is 0.527. The summed E-state index contributed by atoms with van der Waals surface area (Å²) in [6.07, 6.45) is 0.167. The molecule has 2 atom stereocenters. The van der Waals surface area contributed by atoms with Crippen LogP contribution >= 0.6 is 11.8 Å². The molecule has 0 saturated carbocycles. The molecule has 6 heteroatoms. The van der Waals surface area contributed by atoms with Gasteiger partial charge in [0.2, 0.25) is 5.91 Å². The molecule has 0 aromatic rings. The first-order valence-electron chi connectivity index (χ1n) is 4.89. The molecule has 1 rings (SSSR count). The van der Waals surface area contributed by atoms with Gasteiger partial charge in [0, 0.05) is 13.1 Å². The molecule has 0 radical (unpaired) electrons. The van der Waals surface area contributed by atoms with E-state index < -0.39 is 0 Å². The second-order valence-corrected chi connectivity index (χ2v) is 4.73. The first-order chi connectivity index (χ1) is 6.99. The molecule has 0 aliphatic carbocycles. The average Bonchev–Trinajstić information content (AvgIpc) is 2.12. The zero-order chi connectivity index (χ0) is 11.4. The Labute approximate surface area is 93.8 Å². The molecule has 2 unspecified atom stereocenters. The maximum absolute atomic E-state index is 11.7. The van der Waals surface area contributed by atoms with Gasteiger partial charge in [-0.2, -0.15) is 0 Å². The van der Waals surface area contributed by atoms with Crippen LogP contribution in [0.1, 0.15) is 13.8 Å². The minimum Gasteiger partial charge on any atom is -0.379 e. The third-order valence-corrected chi connectivity index (χ3v) is 2.83. The van der Waals surface area contributed by atoms with E-state index in [4.69, 9.17) is 15.9 Å². The molecule has 0 aromatic carbocycles. The number of hydrogen-bond donors (Lipinski definition) is 2. The van der Waals surface area contributed by atoms with E-state index in [0.717, 1.165) is 11.8 Å². The fourth-order valence-corrected chi connectivity index (χ4v) is 2.07. The molecule has 3 N–H and O–H groups in total. The van der Waals surface area contributed by atoms with Crippen molar-refractivity contribution in [1.82, 2.24) is 4.90 Å². The van der Waals surface area contributed by atoms with Crippen molar-refractivity contribution in [3.8, 4) is 0 Å². The average molecular weight is 231 g/mol. The highest BCUT2D eigenvalue weighted by molar-refractivity contribution is 8.14. The summed E-state index contributed by atoms with van der Waals surface area (Å²) in [5, 5.41) is 7.01. The van der Waals surface area contributed by atoms with Crippen LogP contribution in [0, 0.1) is 5.41 Å². The molecule has 86 valence electrons. The Hall–Kier alpha value is -0.750. The Kier molecular flexibility index (Phi) is 4.41. The zero-order valence-electron chi connectivity index (χ0n) is 9.03. The van der Waals surface area contributed by atoms with Crippen molar-refractivity contribution in [2.75, 3.05) is 18.8 Å². The van der Waals surface area contributed by atoms with E-state index in [1.165, 1.54) is 0 Å². The van der Waals surface area contributed by atoms with Crippen LogP contribution in [0.25, 0.3) is 0 Å². The van der Waals surface area contributed by atoms with Gasteiger partial charge in [-0.05, 0) is 13.8 Å². The van der Waals surface area contributed by atoms with E-state index in [9.17, 15) is 4.79 Å². The van der Waals surface area contributed by atoms with Crippen LogP contribution in [0.5, 0.6) is 0 Å². The molecule has 1 aliphatic heterocycles. The highest BCUT2D eigenvalue weighted by atomic mass is 32.2. The van der Waals surface area contributed by atoms with E-state index in [1.54, 1.807) is 4.90 Å². The van der Waals surface area contributed by atoms with Crippen LogP contribution in [0.15, 0.2) is 0 Å². The molecule has 0 bridgehead atoms. The van der Waals surface area contributed by atoms with E-state index in [0.29, 0.717) is 13.1 Å². The largest absolute Gasteiger partial charge is 0.379 e. The molecular formula is C9H17N3O2S. The summed E-state index contributed by atoms with van der Waals surface area (Å²) in [6, 6.07) is 0. The zero-order valence-corrected chi connectivity index (χ0v) is 9.84. The number of thioether (sulfide) groups is 1. The summed E-state index contributed by atoms with van der Waals surface area (Å²) in [5.74, 6) is 0.270. The van der Waals surface area contributed by atoms with Crippen LogP contribution in [0.3, 0.4) is 0 Å². The molecule has 1 aliphatic rings. The SMILES string of the molecule is CC1CN(C(=O)CSC(=N)N)CC(C)O1. The lowest BCUT2D eigenvalue weighted by Crippen LogP contribution is -2.48. The Bertz CT molecular complexity index is 250. The van der Waals surface area contributed by atoms with E-state index >= 15 is 0 Å². The third kappa shape index (κ3) is 4.09. The smallest absolute Gasteiger partial charge is 0.233 e. The normalized spacial score (nSPS) is 26.4. The topological polar surface area (TPSA) is 79.4 Å². The molecule has 0 spiro atoms. The van der Waals surface area contributed by atoms with Crippen LogP contribution in [0.2, 0.25) is 0 Å². The van der Waals surface area contributed by atoms with Gasteiger partial charge in [-0.15, -0.1) is 0 Å². The summed E-state index contributed by atoms with van der Waals surface area (Å²) in [6.45, 7) is 5.16. The van der Waals surface area contributed by atoms with Crippen molar-refractivity contribution in [1.29, 1.82) is 5.41 Å². The number of ether oxygens (including phenoxy) is 1. The van der Waals surface area contributed by atoms with Gasteiger partial charge >= 0.3 is 0 Å². The van der Waals surface area contributed by atoms with E-state index in [2.05, 4.69) is 0 Å². The van der Waals surface area contributed by atoms with Crippen LogP contribution in [-0.2, 0) is 9.53 Å². The first kappa shape index (κ1) is 12.3. The number of nitrogens with zero attached hydrogens (tertiary/aromatic N) is 1. The summed E-state index contributed by atoms with van der Waals surface area (Å²) in [4.78, 5) is 13.5. The molecular weight excluding hydrogens is 214 g/mol. The number of hydrogen-bond acceptors (Lipinski definition) is 4. The number of morpholine rings is 1. The molecule has 1 heterocycles. The molecule has 5 nitrogen and oxygen atoms in total. The number of amidine groups is 1. The summed E-state index contributed by atoms with van der Waals surface area (Å²) in [5.41, 5.74) is 5.18. The van der Waals surface area contributed by atoms with Gasteiger partial charge in [-0.3, -0.25) is 10.2 Å². The second kappa shape index (κ2) is 5.37. The van der Waals surface area contributed by atoms with Gasteiger partial charge in [0.25, 0.3) is 0 Å². The molecule has 1 amide bonds. The Morgan fingerprint density at radius 2 is 2.07 bits per heavy atom. The van der Waals surface area contributed by atoms with E-state index in [-0.39, 0.29) is 29.0 Å². The summed E-state index contributed by atoms with van der Waals surface area (Å²) >= 11 is 1.06. The van der Waals surface area contributed by atoms with Gasteiger partial charge in [0.1, 0.15) is 0 Å². The second-order valence-electron chi connectivity index (χ2n) is 3.71. The standard InChI is InChI=1S/C9H17N3O2S/c1-6-3-12(4-7(2)14-6)8(13)5-15-9(10)11/h6-7H,3-5H2,1-2H3,(H3,10,11). The van der Waals surface area contributed by atoms with Crippen molar-refractivity contribution in [3.05, 3.63) is 0 Å². The summed E-state index contributed by atoms with van der Waals surface area (Å²) < 4.78 is 5.52. The monoisotopic (exact) mass is 231 g/mol. The Balaban J connectivity index is 2.41. The maximum atomic E-state index is 11.7. The Morgan fingerprint density at radius 3 is 2.53 bits per heavy atom. The predicted molar refractivity (Wildman–Crippen MR) is 61.0 cm³/mol. The highest BCUT2D eigenvalue weighted by Gasteiger charge is 2.25. The maximum Gasteiger partial charge on any atom is 0.233 e. The van der Waals surface area contributed by atoms with E-state index in [1.807, 2.05) is 13.8 Å². The van der Waals surface area contributed by atoms with Crippen LogP contribution in [0.4, 0.5) is 0 Å². The summed E-state index contributed by atoms with van der Waals surface area (Å²) in [7, 11) is 0. The molecule has 15 heavy (non-hydrogen) atoms. The van der Waals surface area contributed by atoms with Gasteiger partial charge in [0.15, 0.2) is 5.17 Å². The number of carbonyl (C=O) groups is 1. The number of carbonyl (C=O) groups excluding carboxylic acids is 1. The number of nitrogens with two attached hydrogens (primary N) is 1. The van der Waals surface area contributed by atoms with Crippen LogP contribution in [-0.4, -0.2) is 47.0 Å². The molecule has 1 fully saturated rings. The highest BCUT2D eigenvalue weighted by Crippen LogP contribution is 2.12. The number of amides is 1. The lowest BCUT2D eigenvalue weighted by atomic mass is 10.2. The van der Waals surface area contributed by atoms with Crippen LogP contribution < -0.4 is 5.73 Å². The number of rotatable bonds is 2. The van der Waals surface area contributed by atoms with Crippen molar-refractivity contribution in [2.45, 2.75) is 26.1 Å². The van der Waals surface area contributed by atoms with Crippen molar-refractivity contribution in [2.24, 2.45) is 5.73 Å².